The van der Waals surface area contributed by atoms with Gasteiger partial charge in [-0.2, -0.15) is 0 Å². The Balaban J connectivity index is 0.00000289. The molecule has 0 saturated heterocycles. The number of amides is 1. The topological polar surface area (TPSA) is 55.1 Å². The zero-order chi connectivity index (χ0) is 13.1. The number of halogens is 1. The molecule has 0 aromatic carbocycles. The molecule has 0 bridgehead atoms. The maximum Gasteiger partial charge on any atom is 0.261 e. The van der Waals surface area contributed by atoms with Gasteiger partial charge in [-0.15, -0.1) is 23.7 Å². The van der Waals surface area contributed by atoms with Crippen molar-refractivity contribution < 1.29 is 4.79 Å². The number of carbonyl (C=O) groups excluding carboxylic acids is 1. The van der Waals surface area contributed by atoms with Crippen LogP contribution in [0.15, 0.2) is 12.1 Å². The van der Waals surface area contributed by atoms with Crippen molar-refractivity contribution in [1.82, 2.24) is 5.32 Å². The number of aryl methyl sites for hydroxylation is 1. The summed E-state index contributed by atoms with van der Waals surface area (Å²) < 4.78 is 0. The standard InChI is InChI=1S/C13H22N2OS.ClH/c1-9(2)7-13(4,8-14)15-12(16)11-6-5-10(3)17-11;/h5-6,9H,7-8,14H2,1-4H3,(H,15,16);1H. The number of rotatable bonds is 5. The Morgan fingerprint density at radius 1 is 1.50 bits per heavy atom. The summed E-state index contributed by atoms with van der Waals surface area (Å²) in [5.74, 6) is 0.491. The van der Waals surface area contributed by atoms with E-state index in [-0.39, 0.29) is 23.9 Å². The van der Waals surface area contributed by atoms with E-state index >= 15 is 0 Å². The van der Waals surface area contributed by atoms with Gasteiger partial charge in [0.05, 0.1) is 10.4 Å². The fraction of sp³-hybridized carbons (Fsp3) is 0.615. The van der Waals surface area contributed by atoms with E-state index in [0.29, 0.717) is 12.5 Å². The Morgan fingerprint density at radius 3 is 2.50 bits per heavy atom. The van der Waals surface area contributed by atoms with Gasteiger partial charge in [0.15, 0.2) is 0 Å². The zero-order valence-electron chi connectivity index (χ0n) is 11.4. The van der Waals surface area contributed by atoms with Crippen molar-refractivity contribution in [2.75, 3.05) is 6.54 Å². The molecule has 1 rings (SSSR count). The quantitative estimate of drug-likeness (QED) is 0.876. The highest BCUT2D eigenvalue weighted by Crippen LogP contribution is 2.19. The van der Waals surface area contributed by atoms with Crippen LogP contribution in [0.25, 0.3) is 0 Å². The van der Waals surface area contributed by atoms with Crippen molar-refractivity contribution in [3.8, 4) is 0 Å². The summed E-state index contributed by atoms with van der Waals surface area (Å²) in [5.41, 5.74) is 5.46. The summed E-state index contributed by atoms with van der Waals surface area (Å²) in [6.45, 7) is 8.73. The maximum absolute atomic E-state index is 12.1. The van der Waals surface area contributed by atoms with Crippen LogP contribution in [0.2, 0.25) is 0 Å². The molecular weight excluding hydrogens is 268 g/mol. The summed E-state index contributed by atoms with van der Waals surface area (Å²) in [4.78, 5) is 14.0. The predicted octanol–water partition coefficient (Wildman–Crippen LogP) is 2.97. The highest BCUT2D eigenvalue weighted by Gasteiger charge is 2.26. The number of hydrogen-bond donors (Lipinski definition) is 2. The lowest BCUT2D eigenvalue weighted by molar-refractivity contribution is 0.0902. The summed E-state index contributed by atoms with van der Waals surface area (Å²) in [7, 11) is 0. The molecule has 0 saturated carbocycles. The van der Waals surface area contributed by atoms with E-state index in [1.807, 2.05) is 26.0 Å². The van der Waals surface area contributed by atoms with Crippen LogP contribution in [0.3, 0.4) is 0 Å². The van der Waals surface area contributed by atoms with E-state index in [4.69, 9.17) is 5.73 Å². The Morgan fingerprint density at radius 2 is 2.11 bits per heavy atom. The number of nitrogens with one attached hydrogen (secondary N) is 1. The van der Waals surface area contributed by atoms with Crippen LogP contribution < -0.4 is 11.1 Å². The van der Waals surface area contributed by atoms with Crippen LogP contribution in [0.4, 0.5) is 0 Å². The lowest BCUT2D eigenvalue weighted by Gasteiger charge is -2.31. The van der Waals surface area contributed by atoms with E-state index in [0.717, 1.165) is 16.2 Å². The van der Waals surface area contributed by atoms with Gasteiger partial charge in [-0.25, -0.2) is 0 Å². The van der Waals surface area contributed by atoms with Gasteiger partial charge in [-0.3, -0.25) is 4.79 Å². The second-order valence-corrected chi connectivity index (χ2v) is 6.52. The summed E-state index contributed by atoms with van der Waals surface area (Å²) in [5, 5.41) is 3.05. The van der Waals surface area contributed by atoms with Gasteiger partial charge < -0.3 is 11.1 Å². The SMILES string of the molecule is Cc1ccc(C(=O)NC(C)(CN)CC(C)C)s1.Cl. The Bertz CT molecular complexity index is 392. The van der Waals surface area contributed by atoms with Crippen LogP contribution in [0.5, 0.6) is 0 Å². The van der Waals surface area contributed by atoms with Crippen molar-refractivity contribution >= 4 is 29.7 Å². The molecule has 0 fully saturated rings. The van der Waals surface area contributed by atoms with E-state index < -0.39 is 0 Å². The normalized spacial score (nSPS) is 13.9. The highest BCUT2D eigenvalue weighted by atomic mass is 35.5. The fourth-order valence-corrected chi connectivity index (χ4v) is 2.74. The fourth-order valence-electron chi connectivity index (χ4n) is 1.98. The van der Waals surface area contributed by atoms with Crippen LogP contribution in [0.1, 0.15) is 41.7 Å². The molecule has 0 radical (unpaired) electrons. The van der Waals surface area contributed by atoms with Crippen molar-refractivity contribution in [2.24, 2.45) is 11.7 Å². The highest BCUT2D eigenvalue weighted by molar-refractivity contribution is 7.13. The largest absolute Gasteiger partial charge is 0.345 e. The molecule has 0 spiro atoms. The minimum atomic E-state index is -0.316. The molecule has 0 aliphatic heterocycles. The van der Waals surface area contributed by atoms with Gasteiger partial charge in [0.2, 0.25) is 0 Å². The van der Waals surface area contributed by atoms with Crippen molar-refractivity contribution in [3.63, 3.8) is 0 Å². The third-order valence-corrected chi connectivity index (χ3v) is 3.69. The average Bonchev–Trinajstić information content (AvgIpc) is 2.63. The molecule has 3 nitrogen and oxygen atoms in total. The van der Waals surface area contributed by atoms with Crippen molar-refractivity contribution in [2.45, 2.75) is 39.7 Å². The molecule has 1 aromatic heterocycles. The summed E-state index contributed by atoms with van der Waals surface area (Å²) in [6.07, 6.45) is 0.888. The molecule has 18 heavy (non-hydrogen) atoms. The van der Waals surface area contributed by atoms with Gasteiger partial charge in [-0.1, -0.05) is 13.8 Å². The second kappa shape index (κ2) is 7.12. The van der Waals surface area contributed by atoms with E-state index in [1.54, 1.807) is 0 Å². The van der Waals surface area contributed by atoms with Gasteiger partial charge in [-0.05, 0) is 38.3 Å². The molecular formula is C13H23ClN2OS. The van der Waals surface area contributed by atoms with E-state index in [2.05, 4.69) is 19.2 Å². The third kappa shape index (κ3) is 4.96. The van der Waals surface area contributed by atoms with Crippen LogP contribution in [-0.2, 0) is 0 Å². The zero-order valence-corrected chi connectivity index (χ0v) is 13.1. The number of carbonyl (C=O) groups is 1. The number of thiophene rings is 1. The lowest BCUT2D eigenvalue weighted by Crippen LogP contribution is -2.52. The molecule has 3 N–H and O–H groups in total. The molecule has 0 aliphatic rings. The van der Waals surface area contributed by atoms with E-state index in [1.165, 1.54) is 11.3 Å². The first-order valence-corrected chi connectivity index (χ1v) is 6.77. The summed E-state index contributed by atoms with van der Waals surface area (Å²) in [6, 6.07) is 3.82. The second-order valence-electron chi connectivity index (χ2n) is 5.23. The molecule has 1 aromatic rings. The first-order valence-electron chi connectivity index (χ1n) is 5.95. The Labute approximate surface area is 120 Å². The number of nitrogens with two attached hydrogens (primary N) is 1. The van der Waals surface area contributed by atoms with Crippen LogP contribution >= 0.6 is 23.7 Å². The van der Waals surface area contributed by atoms with Crippen molar-refractivity contribution in [3.05, 3.63) is 21.9 Å². The molecule has 1 unspecified atom stereocenters. The first-order chi connectivity index (χ1) is 7.86. The monoisotopic (exact) mass is 290 g/mol. The minimum Gasteiger partial charge on any atom is -0.345 e. The van der Waals surface area contributed by atoms with Gasteiger partial charge in [0.1, 0.15) is 0 Å². The van der Waals surface area contributed by atoms with Crippen LogP contribution in [0, 0.1) is 12.8 Å². The Hall–Kier alpha value is -0.580. The van der Waals surface area contributed by atoms with Crippen LogP contribution in [-0.4, -0.2) is 18.0 Å². The Kier molecular flexibility index (Phi) is 6.89. The third-order valence-electron chi connectivity index (χ3n) is 2.69. The number of hydrogen-bond acceptors (Lipinski definition) is 3. The maximum atomic E-state index is 12.1. The summed E-state index contributed by atoms with van der Waals surface area (Å²) >= 11 is 1.51. The smallest absolute Gasteiger partial charge is 0.261 e. The predicted molar refractivity (Wildman–Crippen MR) is 80.7 cm³/mol. The molecule has 1 amide bonds. The van der Waals surface area contributed by atoms with Crippen molar-refractivity contribution in [1.29, 1.82) is 0 Å². The molecule has 0 aliphatic carbocycles. The van der Waals surface area contributed by atoms with Gasteiger partial charge in [0.25, 0.3) is 5.91 Å². The lowest BCUT2D eigenvalue weighted by atomic mass is 9.90. The first kappa shape index (κ1) is 17.4. The average molecular weight is 291 g/mol. The van der Waals surface area contributed by atoms with Gasteiger partial charge in [0, 0.05) is 11.4 Å². The molecule has 104 valence electrons. The molecule has 1 heterocycles. The minimum absolute atomic E-state index is 0. The molecule has 1 atom stereocenters. The molecule has 5 heteroatoms. The van der Waals surface area contributed by atoms with Gasteiger partial charge >= 0.3 is 0 Å². The van der Waals surface area contributed by atoms with E-state index in [9.17, 15) is 4.79 Å².